The molecule has 0 aliphatic heterocycles. The molecular formula is C31H37N2O4U-. The topological polar surface area (TPSA) is 70.4 Å². The standard InChI is InChI=1S/C23H30N2O3.C8H7O.U/c1-7-9-21(26)19-14-17(4)25(24-19)20(12-10-16(3)8-2)18-11-13-22(27-5)23(15-18)28-6;1-7-2-4-8(6-9)5-3-7;/h10-15H,7-9H2,1-6H3;2-5H,1H3;/q;-1;/b16-10?,20-12-;;. The quantitative estimate of drug-likeness (QED) is 0.129. The molecule has 3 rings (SSSR count). The average Bonchev–Trinajstić information content (AvgIpc) is 3.30. The van der Waals surface area contributed by atoms with E-state index in [0.29, 0.717) is 29.2 Å². The Morgan fingerprint density at radius 1 is 0.974 bits per heavy atom. The van der Waals surface area contributed by atoms with Crippen molar-refractivity contribution in [3.8, 4) is 11.5 Å². The summed E-state index contributed by atoms with van der Waals surface area (Å²) >= 11 is 0. The summed E-state index contributed by atoms with van der Waals surface area (Å²) in [7, 11) is 3.23. The number of hydrogen-bond acceptors (Lipinski definition) is 5. The van der Waals surface area contributed by atoms with E-state index in [2.05, 4.69) is 25.0 Å². The molecule has 0 atom stereocenters. The second-order valence-electron chi connectivity index (χ2n) is 8.71. The molecule has 0 unspecified atom stereocenters. The Bertz CT molecular complexity index is 1260. The first-order valence-electron chi connectivity index (χ1n) is 12.4. The number of hydrogen-bond donors (Lipinski definition) is 0. The average molecular weight is 740 g/mol. The van der Waals surface area contributed by atoms with Gasteiger partial charge in [-0.1, -0.05) is 31.1 Å². The van der Waals surface area contributed by atoms with Crippen LogP contribution < -0.4 is 9.47 Å². The number of benzene rings is 2. The van der Waals surface area contributed by atoms with Crippen LogP contribution in [-0.2, 0) is 4.79 Å². The van der Waals surface area contributed by atoms with Crippen molar-refractivity contribution >= 4 is 17.8 Å². The number of methoxy groups -OCH3 is 2. The predicted octanol–water partition coefficient (Wildman–Crippen LogP) is 6.89. The zero-order valence-electron chi connectivity index (χ0n) is 23.4. The van der Waals surface area contributed by atoms with E-state index >= 15 is 0 Å². The molecule has 200 valence electrons. The van der Waals surface area contributed by atoms with Gasteiger partial charge in [0.05, 0.1) is 26.2 Å². The van der Waals surface area contributed by atoms with E-state index in [4.69, 9.17) is 9.47 Å². The summed E-state index contributed by atoms with van der Waals surface area (Å²) in [6.07, 6.45) is 8.20. The maximum atomic E-state index is 12.3. The van der Waals surface area contributed by atoms with Gasteiger partial charge in [-0.2, -0.15) is 22.8 Å². The summed E-state index contributed by atoms with van der Waals surface area (Å²) in [5.41, 5.74) is 6.24. The zero-order chi connectivity index (χ0) is 27.4. The Balaban J connectivity index is 0.000000610. The van der Waals surface area contributed by atoms with Gasteiger partial charge in [0.25, 0.3) is 0 Å². The summed E-state index contributed by atoms with van der Waals surface area (Å²) in [4.78, 5) is 22.3. The second-order valence-corrected chi connectivity index (χ2v) is 8.71. The normalized spacial score (nSPS) is 11.1. The van der Waals surface area contributed by atoms with Crippen LogP contribution in [0.5, 0.6) is 11.5 Å². The number of aryl methyl sites for hydroxylation is 2. The van der Waals surface area contributed by atoms with Gasteiger partial charge in [0, 0.05) is 48.8 Å². The van der Waals surface area contributed by atoms with Crippen LogP contribution in [0.4, 0.5) is 0 Å². The number of aromatic nitrogens is 2. The van der Waals surface area contributed by atoms with Crippen molar-refractivity contribution in [3.63, 3.8) is 0 Å². The molecule has 0 aliphatic carbocycles. The third kappa shape index (κ3) is 9.45. The van der Waals surface area contributed by atoms with E-state index in [1.807, 2.05) is 67.9 Å². The SMILES string of the molecule is CCCC(=O)c1cc(C)n(/C(=C\C=C(C)CC)c2ccc(OC)c(OC)c2)n1.Cc1ccc([C-]=O)cc1.[U]. The fraction of sp³-hybridized carbons (Fsp3) is 0.323. The van der Waals surface area contributed by atoms with E-state index in [1.54, 1.807) is 32.6 Å². The molecule has 0 amide bonds. The Hall–Kier alpha value is -2.88. The fourth-order valence-electron chi connectivity index (χ4n) is 3.46. The molecule has 0 fully saturated rings. The first-order valence-corrected chi connectivity index (χ1v) is 12.4. The molecule has 1 aromatic heterocycles. The second kappa shape index (κ2) is 16.9. The monoisotopic (exact) mass is 739 g/mol. The van der Waals surface area contributed by atoms with Crippen LogP contribution in [0.15, 0.2) is 66.3 Å². The summed E-state index contributed by atoms with van der Waals surface area (Å²) in [5.74, 6) is 1.38. The summed E-state index contributed by atoms with van der Waals surface area (Å²) in [5, 5.41) is 4.60. The molecule has 0 saturated carbocycles. The van der Waals surface area contributed by atoms with Gasteiger partial charge < -0.3 is 14.3 Å². The van der Waals surface area contributed by atoms with Crippen LogP contribution in [0.1, 0.15) is 72.9 Å². The summed E-state index contributed by atoms with van der Waals surface area (Å²) in [6, 6.07) is 14.9. The van der Waals surface area contributed by atoms with Gasteiger partial charge in [-0.25, -0.2) is 4.68 Å². The van der Waals surface area contributed by atoms with Crippen molar-refractivity contribution in [2.24, 2.45) is 0 Å². The van der Waals surface area contributed by atoms with E-state index in [9.17, 15) is 9.59 Å². The molecule has 6 nitrogen and oxygen atoms in total. The Labute approximate surface area is 250 Å². The number of carbonyl (C=O) groups excluding carboxylic acids is 2. The minimum Gasteiger partial charge on any atom is -0.493 e. The fourth-order valence-corrected chi connectivity index (χ4v) is 3.46. The predicted molar refractivity (Wildman–Crippen MR) is 149 cm³/mol. The number of Topliss-reactive ketones (excluding diaryl/α,β-unsaturated/α-hetero) is 1. The van der Waals surface area contributed by atoms with Crippen molar-refractivity contribution in [1.29, 1.82) is 0 Å². The molecule has 0 N–H and O–H groups in total. The molecule has 0 spiro atoms. The van der Waals surface area contributed by atoms with Crippen LogP contribution in [0.25, 0.3) is 5.70 Å². The van der Waals surface area contributed by atoms with E-state index in [1.165, 1.54) is 5.57 Å². The zero-order valence-corrected chi connectivity index (χ0v) is 27.6. The van der Waals surface area contributed by atoms with Crippen molar-refractivity contribution in [3.05, 3.63) is 94.3 Å². The number of ketones is 1. The molecule has 0 bridgehead atoms. The van der Waals surface area contributed by atoms with Gasteiger partial charge >= 0.3 is 0 Å². The molecule has 0 saturated heterocycles. The molecular weight excluding hydrogens is 702 g/mol. The summed E-state index contributed by atoms with van der Waals surface area (Å²) in [6.45, 7) is 10.1. The maximum Gasteiger partial charge on any atom is 0.183 e. The molecule has 0 radical (unpaired) electrons. The molecule has 3 aromatic rings. The first-order chi connectivity index (χ1) is 17.8. The van der Waals surface area contributed by atoms with E-state index < -0.39 is 0 Å². The summed E-state index contributed by atoms with van der Waals surface area (Å²) < 4.78 is 12.6. The maximum absolute atomic E-state index is 12.3. The number of allylic oxidation sites excluding steroid dienone is 3. The van der Waals surface area contributed by atoms with Gasteiger partial charge in [-0.3, -0.25) is 4.79 Å². The number of nitrogens with zero attached hydrogens (tertiary/aromatic N) is 2. The third-order valence-corrected chi connectivity index (χ3v) is 5.81. The van der Waals surface area contributed by atoms with E-state index in [0.717, 1.165) is 35.4 Å². The number of carbonyl (C=O) groups is 1. The Kier molecular flexibility index (Phi) is 14.7. The largest absolute Gasteiger partial charge is 0.493 e. The van der Waals surface area contributed by atoms with Crippen LogP contribution in [0.3, 0.4) is 0 Å². The number of ether oxygens (including phenoxy) is 2. The molecule has 7 heteroatoms. The molecule has 2 aromatic carbocycles. The van der Waals surface area contributed by atoms with Gasteiger partial charge in [-0.15, -0.1) is 12.1 Å². The van der Waals surface area contributed by atoms with Crippen molar-refractivity contribution in [2.45, 2.75) is 53.9 Å². The van der Waals surface area contributed by atoms with Crippen LogP contribution >= 0.6 is 0 Å². The molecule has 38 heavy (non-hydrogen) atoms. The smallest absolute Gasteiger partial charge is 0.183 e. The van der Waals surface area contributed by atoms with Crippen LogP contribution in [0.2, 0.25) is 0 Å². The van der Waals surface area contributed by atoms with Crippen LogP contribution in [-0.4, -0.2) is 36.1 Å². The Morgan fingerprint density at radius 3 is 2.18 bits per heavy atom. The Morgan fingerprint density at radius 2 is 1.63 bits per heavy atom. The van der Waals surface area contributed by atoms with Gasteiger partial charge in [-0.05, 0) is 64.0 Å². The minimum absolute atomic E-state index is 0. The van der Waals surface area contributed by atoms with Crippen LogP contribution in [0, 0.1) is 45.0 Å². The first kappa shape index (κ1) is 33.2. The van der Waals surface area contributed by atoms with Crippen molar-refractivity contribution in [1.82, 2.24) is 9.78 Å². The third-order valence-electron chi connectivity index (χ3n) is 5.81. The van der Waals surface area contributed by atoms with Gasteiger partial charge in [0.2, 0.25) is 0 Å². The van der Waals surface area contributed by atoms with Crippen molar-refractivity contribution in [2.75, 3.05) is 14.2 Å². The van der Waals surface area contributed by atoms with E-state index in [-0.39, 0.29) is 36.9 Å². The minimum atomic E-state index is 0. The molecule has 0 aliphatic rings. The van der Waals surface area contributed by atoms with Gasteiger partial charge in [0.1, 0.15) is 5.69 Å². The van der Waals surface area contributed by atoms with Crippen molar-refractivity contribution < 1.29 is 50.2 Å². The van der Waals surface area contributed by atoms with Gasteiger partial charge in [0.15, 0.2) is 17.3 Å². The molecule has 1 heterocycles. The number of rotatable bonds is 10.